The van der Waals surface area contributed by atoms with Crippen molar-refractivity contribution in [2.45, 2.75) is 20.8 Å². The minimum absolute atomic E-state index is 0.245. The van der Waals surface area contributed by atoms with Crippen LogP contribution in [0.5, 0.6) is 0 Å². The number of rotatable bonds is 4. The van der Waals surface area contributed by atoms with Crippen LogP contribution in [0.3, 0.4) is 0 Å². The molecule has 0 heterocycles. The first-order valence-corrected chi connectivity index (χ1v) is 7.65. The minimum atomic E-state index is -0.542. The fraction of sp³-hybridized carbons (Fsp3) is 0.222. The molecule has 0 unspecified atom stereocenters. The number of hydrogen-bond acceptors (Lipinski definition) is 4. The summed E-state index contributed by atoms with van der Waals surface area (Å²) in [5.74, 6) is -0.297. The van der Waals surface area contributed by atoms with Gasteiger partial charge < -0.3 is 9.57 Å². The van der Waals surface area contributed by atoms with Crippen LogP contribution in [0.15, 0.2) is 47.6 Å². The summed E-state index contributed by atoms with van der Waals surface area (Å²) in [5.41, 5.74) is 2.93. The quantitative estimate of drug-likeness (QED) is 0.358. The molecule has 0 saturated carbocycles. The number of carbonyl (C=O) groups excluding carboxylic acids is 1. The van der Waals surface area contributed by atoms with Gasteiger partial charge in [0.2, 0.25) is 0 Å². The number of oxime groups is 1. The first-order chi connectivity index (χ1) is 11.0. The van der Waals surface area contributed by atoms with Gasteiger partial charge in [0.25, 0.3) is 5.90 Å². The maximum absolute atomic E-state index is 12.0. The van der Waals surface area contributed by atoms with Crippen LogP contribution in [0.25, 0.3) is 0 Å². The predicted octanol–water partition coefficient (Wildman–Crippen LogP) is 4.51. The van der Waals surface area contributed by atoms with Crippen molar-refractivity contribution in [3.63, 3.8) is 0 Å². The van der Waals surface area contributed by atoms with Gasteiger partial charge >= 0.3 is 5.97 Å². The Labute approximate surface area is 140 Å². The molecule has 0 spiro atoms. The molecule has 0 radical (unpaired) electrons. The summed E-state index contributed by atoms with van der Waals surface area (Å²) in [4.78, 5) is 17.0. The van der Waals surface area contributed by atoms with Gasteiger partial charge in [0.05, 0.1) is 12.2 Å². The Kier molecular flexibility index (Phi) is 5.77. The van der Waals surface area contributed by atoms with Gasteiger partial charge in [-0.1, -0.05) is 35.9 Å². The summed E-state index contributed by atoms with van der Waals surface area (Å²) in [6, 6.07) is 12.4. The maximum Gasteiger partial charge on any atom is 0.365 e. The average molecular weight is 332 g/mol. The van der Waals surface area contributed by atoms with Crippen LogP contribution in [0.2, 0.25) is 5.02 Å². The molecule has 120 valence electrons. The molecule has 0 atom stereocenters. The Morgan fingerprint density at radius 1 is 1.13 bits per heavy atom. The van der Waals surface area contributed by atoms with Gasteiger partial charge in [0, 0.05) is 10.6 Å². The van der Waals surface area contributed by atoms with Crippen molar-refractivity contribution < 1.29 is 14.4 Å². The first kappa shape index (κ1) is 17.0. The van der Waals surface area contributed by atoms with E-state index in [0.29, 0.717) is 17.2 Å². The zero-order valence-electron chi connectivity index (χ0n) is 13.3. The number of ether oxygens (including phenoxy) is 1. The Morgan fingerprint density at radius 3 is 2.48 bits per heavy atom. The molecule has 0 amide bonds. The van der Waals surface area contributed by atoms with Gasteiger partial charge in [0.1, 0.15) is 0 Å². The second kappa shape index (κ2) is 7.79. The predicted molar refractivity (Wildman–Crippen MR) is 90.9 cm³/mol. The van der Waals surface area contributed by atoms with Gasteiger partial charge in [-0.05, 0) is 55.3 Å². The van der Waals surface area contributed by atoms with E-state index in [0.717, 1.165) is 16.7 Å². The maximum atomic E-state index is 12.0. The van der Waals surface area contributed by atoms with E-state index in [1.807, 2.05) is 39.0 Å². The van der Waals surface area contributed by atoms with Gasteiger partial charge in [-0.15, -0.1) is 0 Å². The molecule has 0 aliphatic heterocycles. The van der Waals surface area contributed by atoms with Crippen LogP contribution in [-0.4, -0.2) is 18.5 Å². The molecule has 4 nitrogen and oxygen atoms in total. The van der Waals surface area contributed by atoms with Crippen LogP contribution in [0.4, 0.5) is 0 Å². The van der Waals surface area contributed by atoms with E-state index in [1.54, 1.807) is 24.3 Å². The normalized spacial score (nSPS) is 11.2. The molecule has 0 bridgehead atoms. The molecule has 0 aliphatic carbocycles. The zero-order chi connectivity index (χ0) is 16.8. The highest BCUT2D eigenvalue weighted by molar-refractivity contribution is 6.31. The van der Waals surface area contributed by atoms with Crippen LogP contribution in [0.1, 0.15) is 34.0 Å². The first-order valence-electron chi connectivity index (χ1n) is 7.27. The lowest BCUT2D eigenvalue weighted by Crippen LogP contribution is -2.13. The Balaban J connectivity index is 2.32. The van der Waals surface area contributed by atoms with Crippen LogP contribution in [-0.2, 0) is 9.57 Å². The number of nitrogens with zero attached hydrogens (tertiary/aromatic N) is 1. The average Bonchev–Trinajstić information content (AvgIpc) is 2.57. The van der Waals surface area contributed by atoms with Gasteiger partial charge in [-0.3, -0.25) is 0 Å². The van der Waals surface area contributed by atoms with E-state index in [2.05, 4.69) is 5.16 Å². The fourth-order valence-corrected chi connectivity index (χ4v) is 2.30. The largest absolute Gasteiger partial charge is 0.475 e. The number of benzene rings is 2. The lowest BCUT2D eigenvalue weighted by atomic mass is 10.0. The third-order valence-corrected chi connectivity index (χ3v) is 3.73. The lowest BCUT2D eigenvalue weighted by molar-refractivity contribution is 0.0502. The van der Waals surface area contributed by atoms with E-state index < -0.39 is 5.97 Å². The molecular formula is C18H18ClNO3. The van der Waals surface area contributed by atoms with Crippen molar-refractivity contribution in [3.05, 3.63) is 69.7 Å². The smallest absolute Gasteiger partial charge is 0.365 e. The SMILES string of the molecule is CCOC(=NOC(=O)c1ccccc1)c1c(C)ccc(Cl)c1C. The van der Waals surface area contributed by atoms with Crippen LogP contribution in [0, 0.1) is 13.8 Å². The van der Waals surface area contributed by atoms with Crippen molar-refractivity contribution in [3.8, 4) is 0 Å². The van der Waals surface area contributed by atoms with Gasteiger partial charge in [0.15, 0.2) is 0 Å². The highest BCUT2D eigenvalue weighted by Crippen LogP contribution is 2.23. The van der Waals surface area contributed by atoms with Crippen molar-refractivity contribution in [1.82, 2.24) is 0 Å². The van der Waals surface area contributed by atoms with E-state index in [9.17, 15) is 4.79 Å². The third-order valence-electron chi connectivity index (χ3n) is 3.32. The van der Waals surface area contributed by atoms with Crippen molar-refractivity contribution in [2.75, 3.05) is 6.61 Å². The number of carbonyl (C=O) groups is 1. The lowest BCUT2D eigenvalue weighted by Gasteiger charge is -2.13. The molecule has 0 aromatic heterocycles. The minimum Gasteiger partial charge on any atom is -0.475 e. The number of aryl methyl sites for hydroxylation is 1. The Bertz CT molecular complexity index is 727. The number of halogens is 1. The van der Waals surface area contributed by atoms with E-state index >= 15 is 0 Å². The summed E-state index contributed by atoms with van der Waals surface area (Å²) < 4.78 is 5.55. The second-order valence-corrected chi connectivity index (χ2v) is 5.35. The molecule has 2 aromatic rings. The Morgan fingerprint density at radius 2 is 1.83 bits per heavy atom. The standard InChI is InChI=1S/C18H18ClNO3/c1-4-22-17(16-12(2)10-11-15(19)13(16)3)20-23-18(21)14-8-6-5-7-9-14/h5-11H,4H2,1-3H3. The highest BCUT2D eigenvalue weighted by Gasteiger charge is 2.16. The zero-order valence-corrected chi connectivity index (χ0v) is 14.1. The summed E-state index contributed by atoms with van der Waals surface area (Å²) >= 11 is 6.17. The van der Waals surface area contributed by atoms with Crippen LogP contribution < -0.4 is 0 Å². The molecule has 0 N–H and O–H groups in total. The molecule has 5 heteroatoms. The van der Waals surface area contributed by atoms with Gasteiger partial charge in [-0.2, -0.15) is 0 Å². The topological polar surface area (TPSA) is 47.9 Å². The molecule has 23 heavy (non-hydrogen) atoms. The summed E-state index contributed by atoms with van der Waals surface area (Å²) in [6.07, 6.45) is 0. The molecular weight excluding hydrogens is 314 g/mol. The fourth-order valence-electron chi connectivity index (χ4n) is 2.14. The van der Waals surface area contributed by atoms with Crippen LogP contribution >= 0.6 is 11.6 Å². The van der Waals surface area contributed by atoms with E-state index in [-0.39, 0.29) is 5.90 Å². The van der Waals surface area contributed by atoms with Gasteiger partial charge in [-0.25, -0.2) is 4.79 Å². The molecule has 0 fully saturated rings. The molecule has 0 saturated heterocycles. The molecule has 2 rings (SSSR count). The molecule has 0 aliphatic rings. The van der Waals surface area contributed by atoms with Crippen molar-refractivity contribution in [1.29, 1.82) is 0 Å². The highest BCUT2D eigenvalue weighted by atomic mass is 35.5. The molecule has 2 aromatic carbocycles. The summed E-state index contributed by atoms with van der Waals surface area (Å²) in [6.45, 7) is 6.03. The second-order valence-electron chi connectivity index (χ2n) is 4.94. The summed E-state index contributed by atoms with van der Waals surface area (Å²) in [5, 5.41) is 4.51. The Hall–Kier alpha value is -2.33. The summed E-state index contributed by atoms with van der Waals surface area (Å²) in [7, 11) is 0. The third kappa shape index (κ3) is 4.11. The number of hydrogen-bond donors (Lipinski definition) is 0. The van der Waals surface area contributed by atoms with Crippen molar-refractivity contribution in [2.24, 2.45) is 5.16 Å². The van der Waals surface area contributed by atoms with E-state index in [4.69, 9.17) is 21.2 Å². The van der Waals surface area contributed by atoms with E-state index in [1.165, 1.54) is 0 Å². The van der Waals surface area contributed by atoms with Crippen molar-refractivity contribution >= 4 is 23.5 Å². The monoisotopic (exact) mass is 331 g/mol.